The summed E-state index contributed by atoms with van der Waals surface area (Å²) in [6.45, 7) is 1.25. The standard InChI is InChI=1S/C7H14AsNO4S/c1-5(10)9-6(7(11)12)4-14-8(2,3)13/h6H,4H2,1-3H3,(H,9,10)(H,11,12)/t6-/m0/s1. The molecule has 14 heavy (non-hydrogen) atoms. The molecule has 0 aliphatic carbocycles. The van der Waals surface area contributed by atoms with E-state index < -0.39 is 30.3 Å². The molecule has 0 aromatic rings. The fourth-order valence-electron chi connectivity index (χ4n) is 0.674. The van der Waals surface area contributed by atoms with E-state index in [0.717, 1.165) is 10.0 Å². The molecule has 0 aliphatic rings. The van der Waals surface area contributed by atoms with E-state index in [1.54, 1.807) is 11.4 Å². The molecule has 7 heteroatoms. The van der Waals surface area contributed by atoms with Crippen LogP contribution in [0.5, 0.6) is 0 Å². The maximum absolute atomic E-state index is 11.3. The van der Waals surface area contributed by atoms with Crippen molar-refractivity contribution in [2.45, 2.75) is 24.4 Å². The first-order valence-electron chi connectivity index (χ1n) is 3.92. The third kappa shape index (κ3) is 7.09. The number of aliphatic carboxylic acids is 1. The van der Waals surface area contributed by atoms with Crippen LogP contribution in [-0.4, -0.2) is 41.1 Å². The van der Waals surface area contributed by atoms with E-state index in [2.05, 4.69) is 5.32 Å². The second-order valence-corrected chi connectivity index (χ2v) is 15.2. The quantitative estimate of drug-likeness (QED) is 0.715. The van der Waals surface area contributed by atoms with Crippen LogP contribution in [0.1, 0.15) is 6.92 Å². The fourth-order valence-corrected chi connectivity index (χ4v) is 4.61. The molecular formula is C7H14AsNO4S. The molecule has 0 bridgehead atoms. The Bertz CT molecular complexity index is 275. The van der Waals surface area contributed by atoms with Crippen LogP contribution in [-0.2, 0) is 13.3 Å². The average Bonchev–Trinajstić information content (AvgIpc) is 1.94. The van der Waals surface area contributed by atoms with Crippen LogP contribution in [0.4, 0.5) is 0 Å². The first-order chi connectivity index (χ1) is 6.22. The molecule has 2 N–H and O–H groups in total. The van der Waals surface area contributed by atoms with Crippen molar-refractivity contribution in [2.24, 2.45) is 0 Å². The number of hydrogen-bond donors (Lipinski definition) is 2. The predicted molar refractivity (Wildman–Crippen MR) is 55.9 cm³/mol. The second kappa shape index (κ2) is 5.51. The number of carboxylic acids is 1. The topological polar surface area (TPSA) is 83.5 Å². The van der Waals surface area contributed by atoms with E-state index in [0.29, 0.717) is 0 Å². The molecule has 0 fully saturated rings. The molecule has 5 nitrogen and oxygen atoms in total. The van der Waals surface area contributed by atoms with Gasteiger partial charge in [0.2, 0.25) is 0 Å². The minimum absolute atomic E-state index is 0.151. The number of nitrogens with one attached hydrogen (secondary N) is 1. The number of carboxylic acid groups (broad SMARTS) is 1. The zero-order chi connectivity index (χ0) is 11.4. The number of carbonyl (C=O) groups excluding carboxylic acids is 1. The summed E-state index contributed by atoms with van der Waals surface area (Å²) in [6, 6.07) is -0.952. The Morgan fingerprint density at radius 1 is 1.50 bits per heavy atom. The van der Waals surface area contributed by atoms with E-state index in [9.17, 15) is 13.3 Å². The van der Waals surface area contributed by atoms with Gasteiger partial charge in [-0.3, -0.25) is 0 Å². The molecule has 0 spiro atoms. The van der Waals surface area contributed by atoms with E-state index in [4.69, 9.17) is 5.11 Å². The number of rotatable bonds is 5. The first kappa shape index (κ1) is 13.6. The summed E-state index contributed by atoms with van der Waals surface area (Å²) in [6.07, 6.45) is 0. The molecule has 0 heterocycles. The summed E-state index contributed by atoms with van der Waals surface area (Å²) in [4.78, 5) is 21.3. The third-order valence-electron chi connectivity index (χ3n) is 1.23. The molecular weight excluding hydrogens is 269 g/mol. The average molecular weight is 283 g/mol. The summed E-state index contributed by atoms with van der Waals surface area (Å²) in [5.74, 6) is -1.35. The van der Waals surface area contributed by atoms with Gasteiger partial charge in [-0.2, -0.15) is 0 Å². The van der Waals surface area contributed by atoms with Crippen LogP contribution in [0, 0.1) is 0 Å². The SMILES string of the molecule is CC(=O)N[C@@H](CS[As](C)(C)=O)C(=O)O. The van der Waals surface area contributed by atoms with Crippen molar-refractivity contribution in [2.75, 3.05) is 5.75 Å². The maximum atomic E-state index is 11.3. The summed E-state index contributed by atoms with van der Waals surface area (Å²) in [5.41, 5.74) is 3.24. The van der Waals surface area contributed by atoms with Gasteiger partial charge in [0.05, 0.1) is 0 Å². The molecule has 1 amide bonds. The Morgan fingerprint density at radius 3 is 2.29 bits per heavy atom. The van der Waals surface area contributed by atoms with Crippen molar-refractivity contribution < 1.29 is 18.4 Å². The van der Waals surface area contributed by atoms with Crippen molar-refractivity contribution >= 4 is 34.2 Å². The van der Waals surface area contributed by atoms with Crippen LogP contribution < -0.4 is 5.32 Å². The van der Waals surface area contributed by atoms with E-state index in [1.165, 1.54) is 6.92 Å². The first-order valence-corrected chi connectivity index (χ1v) is 11.7. The summed E-state index contributed by atoms with van der Waals surface area (Å²) in [7, 11) is 1.13. The van der Waals surface area contributed by atoms with Gasteiger partial charge in [-0.1, -0.05) is 0 Å². The molecule has 0 aromatic heterocycles. The van der Waals surface area contributed by atoms with E-state index >= 15 is 0 Å². The van der Waals surface area contributed by atoms with Gasteiger partial charge >= 0.3 is 88.1 Å². The van der Waals surface area contributed by atoms with Crippen LogP contribution >= 0.6 is 10.0 Å². The molecule has 0 unspecified atom stereocenters. The molecule has 82 valence electrons. The van der Waals surface area contributed by atoms with Gasteiger partial charge < -0.3 is 0 Å². The van der Waals surface area contributed by atoms with Crippen LogP contribution in [0.25, 0.3) is 0 Å². The fraction of sp³-hybridized carbons (Fsp3) is 0.714. The van der Waals surface area contributed by atoms with Crippen molar-refractivity contribution in [3.05, 3.63) is 0 Å². The molecule has 0 saturated heterocycles. The van der Waals surface area contributed by atoms with Gasteiger partial charge in [0.1, 0.15) is 0 Å². The Hall–Kier alpha value is -0.352. The van der Waals surface area contributed by atoms with Gasteiger partial charge in [-0.15, -0.1) is 0 Å². The normalized spacial score (nSPS) is 13.4. The molecule has 0 rings (SSSR count). The Kier molecular flexibility index (Phi) is 5.37. The molecule has 0 aromatic carbocycles. The number of carbonyl (C=O) groups is 2. The van der Waals surface area contributed by atoms with Gasteiger partial charge in [-0.25, -0.2) is 0 Å². The van der Waals surface area contributed by atoms with Crippen LogP contribution in [0.3, 0.4) is 0 Å². The molecule has 1 atom stereocenters. The van der Waals surface area contributed by atoms with Gasteiger partial charge in [0, 0.05) is 0 Å². The number of hydrogen-bond acceptors (Lipinski definition) is 4. The van der Waals surface area contributed by atoms with Gasteiger partial charge in [0.25, 0.3) is 0 Å². The Morgan fingerprint density at radius 2 is 2.00 bits per heavy atom. The second-order valence-electron chi connectivity index (χ2n) is 3.14. The van der Waals surface area contributed by atoms with Crippen molar-refractivity contribution in [1.29, 1.82) is 0 Å². The Labute approximate surface area is 88.3 Å². The molecule has 0 saturated carbocycles. The minimum atomic E-state index is -2.88. The predicted octanol–water partition coefficient (Wildman–Crippen LogP) is 0.441. The molecule has 0 radical (unpaired) electrons. The van der Waals surface area contributed by atoms with E-state index in [1.807, 2.05) is 0 Å². The van der Waals surface area contributed by atoms with Crippen LogP contribution in [0.2, 0.25) is 11.4 Å². The van der Waals surface area contributed by atoms with E-state index in [-0.39, 0.29) is 5.75 Å². The van der Waals surface area contributed by atoms with Crippen LogP contribution in [0.15, 0.2) is 0 Å². The van der Waals surface area contributed by atoms with Crippen molar-refractivity contribution in [1.82, 2.24) is 5.32 Å². The zero-order valence-electron chi connectivity index (χ0n) is 8.31. The van der Waals surface area contributed by atoms with Gasteiger partial charge in [0.15, 0.2) is 0 Å². The van der Waals surface area contributed by atoms with Gasteiger partial charge in [-0.05, 0) is 0 Å². The summed E-state index contributed by atoms with van der Waals surface area (Å²) in [5, 5.41) is 11.0. The summed E-state index contributed by atoms with van der Waals surface area (Å²) < 4.78 is 11.3. The zero-order valence-corrected chi connectivity index (χ0v) is 11.0. The summed E-state index contributed by atoms with van der Waals surface area (Å²) >= 11 is -2.88. The number of amides is 1. The Balaban J connectivity index is 4.18. The van der Waals surface area contributed by atoms with Crippen molar-refractivity contribution in [3.63, 3.8) is 0 Å². The third-order valence-corrected chi connectivity index (χ3v) is 7.18. The monoisotopic (exact) mass is 283 g/mol. The molecule has 0 aliphatic heterocycles. The van der Waals surface area contributed by atoms with Crippen molar-refractivity contribution in [3.8, 4) is 0 Å².